The molecule has 0 amide bonds. The summed E-state index contributed by atoms with van der Waals surface area (Å²) in [4.78, 5) is 5.08. The molecule has 0 atom stereocenters. The van der Waals surface area contributed by atoms with Crippen LogP contribution < -0.4 is 4.74 Å². The molecule has 0 radical (unpaired) electrons. The number of benzene rings is 5. The molecular formula is C50H47N5OPt. The van der Waals surface area contributed by atoms with E-state index in [0.717, 1.165) is 50.4 Å². The van der Waals surface area contributed by atoms with E-state index in [4.69, 9.17) is 9.72 Å². The molecule has 6 nitrogen and oxygen atoms in total. The van der Waals surface area contributed by atoms with Gasteiger partial charge in [-0.3, -0.25) is 4.68 Å². The van der Waals surface area contributed by atoms with Gasteiger partial charge in [-0.15, -0.1) is 35.7 Å². The molecule has 57 heavy (non-hydrogen) atoms. The molecule has 0 spiro atoms. The van der Waals surface area contributed by atoms with Gasteiger partial charge in [0.2, 0.25) is 0 Å². The molecule has 4 heterocycles. The summed E-state index contributed by atoms with van der Waals surface area (Å²) in [5.41, 5.74) is 12.3. The van der Waals surface area contributed by atoms with Crippen molar-refractivity contribution in [2.45, 2.75) is 79.6 Å². The van der Waals surface area contributed by atoms with Crippen LogP contribution in [-0.2, 0) is 26.5 Å². The molecule has 0 aliphatic heterocycles. The van der Waals surface area contributed by atoms with Gasteiger partial charge in [0.25, 0.3) is 0 Å². The van der Waals surface area contributed by atoms with Crippen molar-refractivity contribution in [2.75, 3.05) is 0 Å². The zero-order valence-corrected chi connectivity index (χ0v) is 36.3. The van der Waals surface area contributed by atoms with Gasteiger partial charge in [-0.05, 0) is 77.1 Å². The first-order valence-electron chi connectivity index (χ1n) is 19.6. The van der Waals surface area contributed by atoms with Gasteiger partial charge in [0.15, 0.2) is 0 Å². The molecule has 0 unspecified atom stereocenters. The third kappa shape index (κ3) is 6.58. The molecule has 0 saturated carbocycles. The van der Waals surface area contributed by atoms with Crippen LogP contribution in [0.4, 0.5) is 0 Å². The Morgan fingerprint density at radius 2 is 1.32 bits per heavy atom. The van der Waals surface area contributed by atoms with Crippen molar-refractivity contribution in [2.24, 2.45) is 0 Å². The third-order valence-corrected chi connectivity index (χ3v) is 11.1. The summed E-state index contributed by atoms with van der Waals surface area (Å²) in [5.74, 6) is 2.70. The quantitative estimate of drug-likeness (QED) is 0.150. The molecule has 288 valence electrons. The minimum atomic E-state index is -0.0152. The fourth-order valence-corrected chi connectivity index (χ4v) is 8.33. The molecule has 0 fully saturated rings. The number of para-hydroxylation sites is 2. The fraction of sp³-hybridized carbons (Fsp3) is 0.240. The van der Waals surface area contributed by atoms with E-state index in [9.17, 15) is 0 Å². The van der Waals surface area contributed by atoms with Crippen LogP contribution in [0.2, 0.25) is 0 Å². The van der Waals surface area contributed by atoms with Crippen molar-refractivity contribution >= 4 is 43.6 Å². The number of rotatable bonds is 7. The Kier molecular flexibility index (Phi) is 9.77. The van der Waals surface area contributed by atoms with Crippen LogP contribution in [0.25, 0.3) is 60.8 Å². The second-order valence-electron chi connectivity index (χ2n) is 16.7. The van der Waals surface area contributed by atoms with Gasteiger partial charge in [-0.1, -0.05) is 103 Å². The molecule has 0 aliphatic carbocycles. The smallest absolute Gasteiger partial charge is 0.509 e. The first-order valence-corrected chi connectivity index (χ1v) is 19.6. The summed E-state index contributed by atoms with van der Waals surface area (Å²) >= 11 is 0. The molecule has 9 rings (SSSR count). The van der Waals surface area contributed by atoms with Crippen LogP contribution in [0, 0.1) is 26.0 Å². The minimum Gasteiger partial charge on any atom is -0.509 e. The van der Waals surface area contributed by atoms with Gasteiger partial charge < -0.3 is 13.9 Å². The summed E-state index contributed by atoms with van der Waals surface area (Å²) in [6, 6.07) is 43.9. The van der Waals surface area contributed by atoms with E-state index in [0.29, 0.717) is 23.3 Å². The maximum absolute atomic E-state index is 6.52. The first kappa shape index (κ1) is 38.4. The number of hydrogen-bond donors (Lipinski definition) is 0. The van der Waals surface area contributed by atoms with Gasteiger partial charge in [-0.2, -0.15) is 17.2 Å². The number of fused-ring (bicyclic) bond motifs is 6. The van der Waals surface area contributed by atoms with Gasteiger partial charge in [0, 0.05) is 45.7 Å². The van der Waals surface area contributed by atoms with Crippen LogP contribution in [0.5, 0.6) is 11.5 Å². The molecule has 0 bridgehead atoms. The van der Waals surface area contributed by atoms with Gasteiger partial charge >= 0.3 is 21.1 Å². The second kappa shape index (κ2) is 14.5. The maximum Gasteiger partial charge on any atom is 2.00 e. The molecule has 0 N–H and O–H groups in total. The predicted octanol–water partition coefficient (Wildman–Crippen LogP) is 13.0. The number of aromatic nitrogens is 5. The van der Waals surface area contributed by atoms with Gasteiger partial charge in [-0.25, -0.2) is 4.98 Å². The summed E-state index contributed by atoms with van der Waals surface area (Å²) in [7, 11) is 0. The largest absolute Gasteiger partial charge is 2.00 e. The van der Waals surface area contributed by atoms with Crippen molar-refractivity contribution in [1.82, 2.24) is 23.9 Å². The van der Waals surface area contributed by atoms with Crippen LogP contribution in [0.15, 0.2) is 109 Å². The summed E-state index contributed by atoms with van der Waals surface area (Å²) in [5, 5.41) is 9.44. The normalized spacial score (nSPS) is 12.1. The zero-order chi connectivity index (χ0) is 39.0. The summed E-state index contributed by atoms with van der Waals surface area (Å²) in [6.07, 6.45) is 1.94. The molecular weight excluding hydrogens is 882 g/mol. The number of pyridine rings is 1. The molecule has 0 saturated heterocycles. The van der Waals surface area contributed by atoms with E-state index in [2.05, 4.69) is 154 Å². The zero-order valence-electron chi connectivity index (χ0n) is 34.0. The van der Waals surface area contributed by atoms with E-state index in [1.165, 1.54) is 38.5 Å². The molecule has 9 aromatic rings. The van der Waals surface area contributed by atoms with Crippen LogP contribution in [0.3, 0.4) is 0 Å². The average Bonchev–Trinajstić information content (AvgIpc) is 3.81. The number of nitrogens with zero attached hydrogens (tertiary/aromatic N) is 5. The Morgan fingerprint density at radius 1 is 0.649 bits per heavy atom. The second-order valence-corrected chi connectivity index (χ2v) is 16.7. The van der Waals surface area contributed by atoms with E-state index in [1.807, 2.05) is 49.0 Å². The summed E-state index contributed by atoms with van der Waals surface area (Å²) in [6.45, 7) is 20.0. The van der Waals surface area contributed by atoms with Crippen LogP contribution in [-0.4, -0.2) is 23.9 Å². The minimum absolute atomic E-state index is 0. The standard InChI is InChI=1S/C50H47N5O.Pt/c1-30(2)39-15-11-17-42-43-18-12-16-40(31(3)4)49(43)53(48(39)42)35-23-24-51-47(28-35)54-45-22-19-34(50(7,8)9)26-44(45)41-21-20-38(29-46(41)54)56-37-14-10-13-36(27-37)55-33(6)25-32(5)52-55;/h10-26,28,30-31H,1-9H3;/q-2;+2. The van der Waals surface area contributed by atoms with Crippen molar-refractivity contribution in [1.29, 1.82) is 0 Å². The van der Waals surface area contributed by atoms with Crippen molar-refractivity contribution in [3.05, 3.63) is 150 Å². The predicted molar refractivity (Wildman–Crippen MR) is 231 cm³/mol. The molecule has 7 heteroatoms. The van der Waals surface area contributed by atoms with Gasteiger partial charge in [0.05, 0.1) is 22.4 Å². The van der Waals surface area contributed by atoms with Crippen molar-refractivity contribution in [3.63, 3.8) is 0 Å². The Labute approximate surface area is 349 Å². The van der Waals surface area contributed by atoms with Crippen LogP contribution in [0.1, 0.15) is 88.4 Å². The Balaban J connectivity index is 0.00000455. The Bertz CT molecular complexity index is 2910. The Morgan fingerprint density at radius 3 is 1.95 bits per heavy atom. The summed E-state index contributed by atoms with van der Waals surface area (Å²) < 4.78 is 13.1. The maximum atomic E-state index is 6.52. The van der Waals surface area contributed by atoms with Crippen molar-refractivity contribution in [3.8, 4) is 28.7 Å². The number of ether oxygens (including phenoxy) is 1. The van der Waals surface area contributed by atoms with E-state index < -0.39 is 0 Å². The third-order valence-electron chi connectivity index (χ3n) is 11.1. The first-order chi connectivity index (χ1) is 26.9. The monoisotopic (exact) mass is 928 g/mol. The van der Waals surface area contributed by atoms with E-state index in [1.54, 1.807) is 0 Å². The fourth-order valence-electron chi connectivity index (χ4n) is 8.33. The topological polar surface area (TPSA) is 49.8 Å². The van der Waals surface area contributed by atoms with Gasteiger partial charge in [0.1, 0.15) is 5.82 Å². The number of hydrogen-bond acceptors (Lipinski definition) is 3. The Hall–Kier alpha value is -5.45. The van der Waals surface area contributed by atoms with E-state index in [-0.39, 0.29) is 26.5 Å². The molecule has 0 aliphatic rings. The molecule has 5 aromatic carbocycles. The average molecular weight is 929 g/mol. The van der Waals surface area contributed by atoms with Crippen LogP contribution >= 0.6 is 0 Å². The SMILES string of the molecule is Cc1cc(C)n(-c2[c-]c(Oc3[c-]c4c(cc3)c3cc(C(C)(C)C)ccc3n4-c3cc(-n4c5c(C(C)C)cccc5c5cccc(C(C)C)c54)ccn3)ccc2)n1.[Pt+2]. The number of aryl methyl sites for hydroxylation is 2. The van der Waals surface area contributed by atoms with Crippen molar-refractivity contribution < 1.29 is 25.8 Å². The molecule has 4 aromatic heterocycles. The van der Waals surface area contributed by atoms with E-state index >= 15 is 0 Å².